The number of hydrogen-bond donors (Lipinski definition) is 1. The number of nitrogens with one attached hydrogen (secondary N) is 1. The van der Waals surface area contributed by atoms with Gasteiger partial charge < -0.3 is 10.2 Å². The van der Waals surface area contributed by atoms with Crippen LogP contribution in [-0.2, 0) is 6.54 Å². The first-order chi connectivity index (χ1) is 8.81. The summed E-state index contributed by atoms with van der Waals surface area (Å²) < 4.78 is 0. The van der Waals surface area contributed by atoms with Crippen LogP contribution in [0, 0.1) is 0 Å². The van der Waals surface area contributed by atoms with Gasteiger partial charge in [-0.1, -0.05) is 24.3 Å². The quantitative estimate of drug-likeness (QED) is 0.557. The van der Waals surface area contributed by atoms with Gasteiger partial charge in [-0.3, -0.25) is 0 Å². The molecule has 18 heavy (non-hydrogen) atoms. The molecule has 0 fully saturated rings. The van der Waals surface area contributed by atoms with Gasteiger partial charge in [-0.2, -0.15) is 0 Å². The largest absolute Gasteiger partial charge is 0.372 e. The van der Waals surface area contributed by atoms with Gasteiger partial charge in [-0.15, -0.1) is 0 Å². The first-order valence-electron chi connectivity index (χ1n) is 6.97. The minimum absolute atomic E-state index is 0.954. The molecule has 0 aliphatic carbocycles. The van der Waals surface area contributed by atoms with Gasteiger partial charge in [0.1, 0.15) is 0 Å². The van der Waals surface area contributed by atoms with Crippen LogP contribution >= 0.6 is 0 Å². The van der Waals surface area contributed by atoms with Crippen molar-refractivity contribution in [3.63, 3.8) is 0 Å². The van der Waals surface area contributed by atoms with Crippen LogP contribution in [0.4, 0.5) is 5.69 Å². The van der Waals surface area contributed by atoms with E-state index in [4.69, 9.17) is 0 Å². The van der Waals surface area contributed by atoms with Crippen LogP contribution in [0.25, 0.3) is 0 Å². The third kappa shape index (κ3) is 4.92. The van der Waals surface area contributed by atoms with Crippen molar-refractivity contribution < 1.29 is 0 Å². The van der Waals surface area contributed by atoms with Crippen LogP contribution in [0.2, 0.25) is 0 Å². The standard InChI is InChI=1S/C16H26N2/c1-4-7-8-13-17-14-15-9-11-16(12-10-15)18(5-2)6-3/h4,7,9-12,17H,5-6,8,13-14H2,1-3H3/b7-4+. The summed E-state index contributed by atoms with van der Waals surface area (Å²) in [4.78, 5) is 2.36. The lowest BCUT2D eigenvalue weighted by molar-refractivity contribution is 0.695. The Labute approximate surface area is 112 Å². The smallest absolute Gasteiger partial charge is 0.0366 e. The highest BCUT2D eigenvalue weighted by Crippen LogP contribution is 2.14. The first-order valence-corrected chi connectivity index (χ1v) is 6.97. The molecular weight excluding hydrogens is 220 g/mol. The predicted molar refractivity (Wildman–Crippen MR) is 81.1 cm³/mol. The number of rotatable bonds is 8. The fourth-order valence-electron chi connectivity index (χ4n) is 2.00. The minimum Gasteiger partial charge on any atom is -0.372 e. The van der Waals surface area contributed by atoms with E-state index in [2.05, 4.69) is 67.4 Å². The van der Waals surface area contributed by atoms with Crippen LogP contribution in [0.15, 0.2) is 36.4 Å². The van der Waals surface area contributed by atoms with Crippen LogP contribution < -0.4 is 10.2 Å². The van der Waals surface area contributed by atoms with Gasteiger partial charge in [0.15, 0.2) is 0 Å². The molecule has 1 aromatic carbocycles. The number of anilines is 1. The molecule has 0 spiro atoms. The molecule has 100 valence electrons. The normalized spacial score (nSPS) is 11.1. The van der Waals surface area contributed by atoms with Crippen molar-refractivity contribution in [3.05, 3.63) is 42.0 Å². The molecule has 0 saturated heterocycles. The van der Waals surface area contributed by atoms with E-state index in [0.29, 0.717) is 0 Å². The molecule has 0 heterocycles. The van der Waals surface area contributed by atoms with Gasteiger partial charge in [0.2, 0.25) is 0 Å². The van der Waals surface area contributed by atoms with Crippen molar-refractivity contribution >= 4 is 5.69 Å². The zero-order valence-electron chi connectivity index (χ0n) is 11.9. The fraction of sp³-hybridized carbons (Fsp3) is 0.500. The van der Waals surface area contributed by atoms with Gasteiger partial charge >= 0.3 is 0 Å². The Morgan fingerprint density at radius 2 is 1.78 bits per heavy atom. The number of nitrogens with zero attached hydrogens (tertiary/aromatic N) is 1. The topological polar surface area (TPSA) is 15.3 Å². The van der Waals surface area contributed by atoms with E-state index in [1.165, 1.54) is 11.3 Å². The molecule has 0 radical (unpaired) electrons. The van der Waals surface area contributed by atoms with Crippen molar-refractivity contribution in [2.75, 3.05) is 24.5 Å². The lowest BCUT2D eigenvalue weighted by atomic mass is 10.2. The molecule has 0 bridgehead atoms. The summed E-state index contributed by atoms with van der Waals surface area (Å²) in [6, 6.07) is 8.87. The van der Waals surface area contributed by atoms with Gasteiger partial charge in [0, 0.05) is 25.3 Å². The van der Waals surface area contributed by atoms with Crippen LogP contribution in [0.5, 0.6) is 0 Å². The lowest BCUT2D eigenvalue weighted by Crippen LogP contribution is -2.21. The highest BCUT2D eigenvalue weighted by atomic mass is 15.1. The fourth-order valence-corrected chi connectivity index (χ4v) is 2.00. The van der Waals surface area contributed by atoms with Crippen molar-refractivity contribution in [3.8, 4) is 0 Å². The van der Waals surface area contributed by atoms with Gasteiger partial charge in [-0.05, 0) is 51.4 Å². The average molecular weight is 246 g/mol. The average Bonchev–Trinajstić information content (AvgIpc) is 2.41. The van der Waals surface area contributed by atoms with Crippen molar-refractivity contribution in [2.45, 2.75) is 33.7 Å². The van der Waals surface area contributed by atoms with E-state index in [0.717, 1.165) is 32.6 Å². The Bertz CT molecular complexity index is 337. The molecule has 0 aromatic heterocycles. The second kappa shape index (κ2) is 8.76. The Morgan fingerprint density at radius 1 is 1.11 bits per heavy atom. The molecule has 0 atom stereocenters. The van der Waals surface area contributed by atoms with Crippen molar-refractivity contribution in [2.24, 2.45) is 0 Å². The molecule has 0 aliphatic rings. The van der Waals surface area contributed by atoms with E-state index >= 15 is 0 Å². The molecule has 0 aliphatic heterocycles. The SMILES string of the molecule is C/C=C/CCNCc1ccc(N(CC)CC)cc1. The van der Waals surface area contributed by atoms with Crippen LogP contribution in [0.1, 0.15) is 32.8 Å². The van der Waals surface area contributed by atoms with Crippen LogP contribution in [-0.4, -0.2) is 19.6 Å². The summed E-state index contributed by atoms with van der Waals surface area (Å²) in [7, 11) is 0. The van der Waals surface area contributed by atoms with E-state index in [1.807, 2.05) is 0 Å². The van der Waals surface area contributed by atoms with E-state index in [9.17, 15) is 0 Å². The summed E-state index contributed by atoms with van der Waals surface area (Å²) in [5.41, 5.74) is 2.67. The van der Waals surface area contributed by atoms with E-state index < -0.39 is 0 Å². The summed E-state index contributed by atoms with van der Waals surface area (Å²) in [5.74, 6) is 0. The summed E-state index contributed by atoms with van der Waals surface area (Å²) >= 11 is 0. The minimum atomic E-state index is 0.954. The maximum absolute atomic E-state index is 3.45. The first kappa shape index (κ1) is 14.8. The predicted octanol–water partition coefficient (Wildman–Crippen LogP) is 3.59. The van der Waals surface area contributed by atoms with Gasteiger partial charge in [0.25, 0.3) is 0 Å². The van der Waals surface area contributed by atoms with Gasteiger partial charge in [0.05, 0.1) is 0 Å². The Hall–Kier alpha value is -1.28. The second-order valence-corrected chi connectivity index (χ2v) is 4.37. The summed E-state index contributed by atoms with van der Waals surface area (Å²) in [6.07, 6.45) is 5.39. The molecule has 0 unspecified atom stereocenters. The highest BCUT2D eigenvalue weighted by molar-refractivity contribution is 5.47. The zero-order chi connectivity index (χ0) is 13.2. The Balaban J connectivity index is 2.40. The van der Waals surface area contributed by atoms with Crippen LogP contribution in [0.3, 0.4) is 0 Å². The maximum atomic E-state index is 3.45. The number of allylic oxidation sites excluding steroid dienone is 1. The summed E-state index contributed by atoms with van der Waals surface area (Å²) in [6.45, 7) is 10.6. The van der Waals surface area contributed by atoms with Gasteiger partial charge in [-0.25, -0.2) is 0 Å². The van der Waals surface area contributed by atoms with Crippen molar-refractivity contribution in [1.29, 1.82) is 0 Å². The molecule has 2 heteroatoms. The molecular formula is C16H26N2. The second-order valence-electron chi connectivity index (χ2n) is 4.37. The molecule has 1 aromatic rings. The molecule has 1 N–H and O–H groups in total. The Morgan fingerprint density at radius 3 is 2.33 bits per heavy atom. The Kier molecular flexibility index (Phi) is 7.19. The van der Waals surface area contributed by atoms with E-state index in [1.54, 1.807) is 0 Å². The number of benzene rings is 1. The third-order valence-corrected chi connectivity index (χ3v) is 3.12. The molecule has 1 rings (SSSR count). The zero-order valence-corrected chi connectivity index (χ0v) is 11.9. The summed E-state index contributed by atoms with van der Waals surface area (Å²) in [5, 5.41) is 3.45. The maximum Gasteiger partial charge on any atom is 0.0366 e. The van der Waals surface area contributed by atoms with Crippen molar-refractivity contribution in [1.82, 2.24) is 5.32 Å². The number of hydrogen-bond acceptors (Lipinski definition) is 2. The lowest BCUT2D eigenvalue weighted by Gasteiger charge is -2.21. The van der Waals surface area contributed by atoms with E-state index in [-0.39, 0.29) is 0 Å². The molecule has 0 amide bonds. The highest BCUT2D eigenvalue weighted by Gasteiger charge is 2.00. The molecule has 0 saturated carbocycles. The monoisotopic (exact) mass is 246 g/mol. The molecule has 2 nitrogen and oxygen atoms in total. The third-order valence-electron chi connectivity index (χ3n) is 3.12.